The van der Waals surface area contributed by atoms with Crippen molar-refractivity contribution in [1.82, 2.24) is 19.8 Å². The summed E-state index contributed by atoms with van der Waals surface area (Å²) in [6.07, 6.45) is 9.43. The number of likely N-dealkylation sites (tertiary alicyclic amines) is 1. The molecule has 0 spiro atoms. The fourth-order valence-electron chi connectivity index (χ4n) is 3.52. The lowest BCUT2D eigenvalue weighted by molar-refractivity contribution is 0.0892. The minimum absolute atomic E-state index is 0.0143. The van der Waals surface area contributed by atoms with Crippen molar-refractivity contribution in [3.8, 4) is 0 Å². The maximum absolute atomic E-state index is 12.8. The molecule has 0 aliphatic carbocycles. The van der Waals surface area contributed by atoms with Crippen LogP contribution in [0, 0.1) is 5.41 Å². The summed E-state index contributed by atoms with van der Waals surface area (Å²) in [7, 11) is 0. The van der Waals surface area contributed by atoms with E-state index in [1.165, 1.54) is 37.9 Å². The molecule has 5 nitrogen and oxygen atoms in total. The molecule has 27 heavy (non-hydrogen) atoms. The zero-order chi connectivity index (χ0) is 19.3. The smallest absolute Gasteiger partial charge is 0.251 e. The lowest BCUT2D eigenvalue weighted by Crippen LogP contribution is -2.46. The predicted octanol–water partition coefficient (Wildman–Crippen LogP) is 3.71. The van der Waals surface area contributed by atoms with E-state index in [0.717, 1.165) is 12.1 Å². The van der Waals surface area contributed by atoms with Crippen LogP contribution in [0.15, 0.2) is 43.0 Å². The van der Waals surface area contributed by atoms with E-state index in [2.05, 4.69) is 48.1 Å². The number of nitrogens with zero attached hydrogens (tertiary/aromatic N) is 3. The summed E-state index contributed by atoms with van der Waals surface area (Å²) < 4.78 is 2.01. The fourth-order valence-corrected chi connectivity index (χ4v) is 3.52. The third-order valence-electron chi connectivity index (χ3n) is 5.37. The summed E-state index contributed by atoms with van der Waals surface area (Å²) in [5, 5.41) is 3.21. The molecule has 0 bridgehead atoms. The van der Waals surface area contributed by atoms with Gasteiger partial charge in [-0.2, -0.15) is 0 Å². The van der Waals surface area contributed by atoms with Crippen LogP contribution < -0.4 is 5.32 Å². The van der Waals surface area contributed by atoms with Gasteiger partial charge in [0.25, 0.3) is 5.91 Å². The van der Waals surface area contributed by atoms with Gasteiger partial charge < -0.3 is 9.88 Å². The summed E-state index contributed by atoms with van der Waals surface area (Å²) in [6, 6.07) is 8.10. The molecule has 1 N–H and O–H groups in total. The SMILES string of the molecule is CC(C)(C)C(Cn1ccnc1)NC(=O)c1ccc(CN2CCCCC2)cc1. The summed E-state index contributed by atoms with van der Waals surface area (Å²) in [6.45, 7) is 10.5. The van der Waals surface area contributed by atoms with Crippen molar-refractivity contribution < 1.29 is 4.79 Å². The minimum atomic E-state index is -0.0475. The Balaban J connectivity index is 1.61. The first-order valence-electron chi connectivity index (χ1n) is 10.00. The highest BCUT2D eigenvalue weighted by molar-refractivity contribution is 5.94. The highest BCUT2D eigenvalue weighted by atomic mass is 16.1. The highest BCUT2D eigenvalue weighted by Gasteiger charge is 2.27. The molecule has 1 aliphatic rings. The average molecular weight is 369 g/mol. The molecule has 1 aromatic carbocycles. The largest absolute Gasteiger partial charge is 0.347 e. The number of rotatable bonds is 6. The molecule has 1 amide bonds. The van der Waals surface area contributed by atoms with Crippen molar-refractivity contribution >= 4 is 5.91 Å². The van der Waals surface area contributed by atoms with Gasteiger partial charge in [0, 0.05) is 31.0 Å². The monoisotopic (exact) mass is 368 g/mol. The summed E-state index contributed by atoms with van der Waals surface area (Å²) in [5.74, 6) is -0.0143. The minimum Gasteiger partial charge on any atom is -0.347 e. The first-order chi connectivity index (χ1) is 12.9. The van der Waals surface area contributed by atoms with Crippen molar-refractivity contribution in [2.45, 2.75) is 59.2 Å². The van der Waals surface area contributed by atoms with Crippen LogP contribution in [-0.4, -0.2) is 39.5 Å². The number of carbonyl (C=O) groups excluding carboxylic acids is 1. The van der Waals surface area contributed by atoms with Crippen LogP contribution in [-0.2, 0) is 13.1 Å². The van der Waals surface area contributed by atoms with Crippen molar-refractivity contribution in [3.63, 3.8) is 0 Å². The lowest BCUT2D eigenvalue weighted by atomic mass is 9.86. The van der Waals surface area contributed by atoms with E-state index < -0.39 is 0 Å². The Morgan fingerprint density at radius 1 is 1.15 bits per heavy atom. The zero-order valence-corrected chi connectivity index (χ0v) is 16.8. The summed E-state index contributed by atoms with van der Waals surface area (Å²) >= 11 is 0. The number of carbonyl (C=O) groups is 1. The van der Waals surface area contributed by atoms with Crippen LogP contribution in [0.2, 0.25) is 0 Å². The van der Waals surface area contributed by atoms with E-state index in [1.807, 2.05) is 22.9 Å². The molecule has 5 heteroatoms. The van der Waals surface area contributed by atoms with E-state index in [0.29, 0.717) is 6.54 Å². The van der Waals surface area contributed by atoms with Crippen molar-refractivity contribution in [3.05, 3.63) is 54.1 Å². The topological polar surface area (TPSA) is 50.2 Å². The Kier molecular flexibility index (Phi) is 6.32. The molecule has 1 aliphatic heterocycles. The molecule has 1 atom stereocenters. The van der Waals surface area contributed by atoms with Gasteiger partial charge in [0.15, 0.2) is 0 Å². The first kappa shape index (κ1) is 19.6. The van der Waals surface area contributed by atoms with Gasteiger partial charge in [-0.3, -0.25) is 9.69 Å². The van der Waals surface area contributed by atoms with Gasteiger partial charge >= 0.3 is 0 Å². The van der Waals surface area contributed by atoms with E-state index in [4.69, 9.17) is 0 Å². The van der Waals surface area contributed by atoms with E-state index in [1.54, 1.807) is 12.5 Å². The summed E-state index contributed by atoms with van der Waals surface area (Å²) in [4.78, 5) is 19.4. The van der Waals surface area contributed by atoms with E-state index in [9.17, 15) is 4.79 Å². The normalized spacial score (nSPS) is 16.9. The summed E-state index contributed by atoms with van der Waals surface area (Å²) in [5.41, 5.74) is 1.95. The number of benzene rings is 1. The van der Waals surface area contributed by atoms with Crippen LogP contribution in [0.4, 0.5) is 0 Å². The van der Waals surface area contributed by atoms with Gasteiger partial charge in [-0.1, -0.05) is 39.3 Å². The Morgan fingerprint density at radius 2 is 1.85 bits per heavy atom. The Bertz CT molecular complexity index is 710. The molecule has 2 aromatic rings. The van der Waals surface area contributed by atoms with Crippen LogP contribution >= 0.6 is 0 Å². The van der Waals surface area contributed by atoms with Gasteiger partial charge in [-0.25, -0.2) is 4.98 Å². The second-order valence-corrected chi connectivity index (χ2v) is 8.69. The average Bonchev–Trinajstić information content (AvgIpc) is 3.15. The molecule has 1 aromatic heterocycles. The molecule has 1 saturated heterocycles. The maximum Gasteiger partial charge on any atom is 0.251 e. The van der Waals surface area contributed by atoms with Crippen LogP contribution in [0.3, 0.4) is 0 Å². The number of amides is 1. The second-order valence-electron chi connectivity index (χ2n) is 8.69. The first-order valence-corrected chi connectivity index (χ1v) is 10.00. The van der Waals surface area contributed by atoms with Gasteiger partial charge in [-0.05, 0) is 49.0 Å². The Labute approximate surface area is 162 Å². The second kappa shape index (κ2) is 8.70. The number of aromatic nitrogens is 2. The van der Waals surface area contributed by atoms with Crippen LogP contribution in [0.5, 0.6) is 0 Å². The standard InChI is InChI=1S/C22H32N4O/c1-22(2,3)20(16-26-14-11-23-17-26)24-21(27)19-9-7-18(8-10-19)15-25-12-5-4-6-13-25/h7-11,14,17,20H,4-6,12-13,15-16H2,1-3H3,(H,24,27). The third kappa shape index (κ3) is 5.67. The highest BCUT2D eigenvalue weighted by Crippen LogP contribution is 2.21. The number of hydrogen-bond acceptors (Lipinski definition) is 3. The molecule has 3 rings (SSSR count). The lowest BCUT2D eigenvalue weighted by Gasteiger charge is -2.32. The molecule has 2 heterocycles. The zero-order valence-electron chi connectivity index (χ0n) is 16.8. The van der Waals surface area contributed by atoms with Gasteiger partial charge in [0.05, 0.1) is 12.4 Å². The number of imidazole rings is 1. The molecule has 0 saturated carbocycles. The predicted molar refractivity (Wildman–Crippen MR) is 109 cm³/mol. The molecular weight excluding hydrogens is 336 g/mol. The van der Waals surface area contributed by atoms with E-state index in [-0.39, 0.29) is 17.4 Å². The Hall–Kier alpha value is -2.14. The third-order valence-corrected chi connectivity index (χ3v) is 5.37. The molecule has 1 fully saturated rings. The number of nitrogens with one attached hydrogen (secondary N) is 1. The Morgan fingerprint density at radius 3 is 2.44 bits per heavy atom. The van der Waals surface area contributed by atoms with Crippen LogP contribution in [0.25, 0.3) is 0 Å². The number of hydrogen-bond donors (Lipinski definition) is 1. The van der Waals surface area contributed by atoms with Crippen molar-refractivity contribution in [2.75, 3.05) is 13.1 Å². The van der Waals surface area contributed by atoms with Crippen LogP contribution in [0.1, 0.15) is 56.0 Å². The molecule has 146 valence electrons. The molecule has 0 radical (unpaired) electrons. The fraction of sp³-hybridized carbons (Fsp3) is 0.545. The van der Waals surface area contributed by atoms with Gasteiger partial charge in [-0.15, -0.1) is 0 Å². The molecular formula is C22H32N4O. The van der Waals surface area contributed by atoms with Crippen molar-refractivity contribution in [1.29, 1.82) is 0 Å². The van der Waals surface area contributed by atoms with Gasteiger partial charge in [0.1, 0.15) is 0 Å². The molecule has 1 unspecified atom stereocenters. The maximum atomic E-state index is 12.8. The quantitative estimate of drug-likeness (QED) is 0.845. The van der Waals surface area contributed by atoms with E-state index >= 15 is 0 Å². The van der Waals surface area contributed by atoms with Crippen molar-refractivity contribution in [2.24, 2.45) is 5.41 Å². The number of piperidine rings is 1. The van der Waals surface area contributed by atoms with Gasteiger partial charge in [0.2, 0.25) is 0 Å².